The Morgan fingerprint density at radius 1 is 1.22 bits per heavy atom. The molecular formula is C23H28F3N7O4. The topological polar surface area (TPSA) is 126 Å². The third kappa shape index (κ3) is 6.96. The van der Waals surface area contributed by atoms with Gasteiger partial charge in [0.05, 0.1) is 24.5 Å². The van der Waals surface area contributed by atoms with E-state index >= 15 is 0 Å². The quantitative estimate of drug-likeness (QED) is 0.477. The highest BCUT2D eigenvalue weighted by molar-refractivity contribution is 5.68. The van der Waals surface area contributed by atoms with Crippen LogP contribution >= 0.6 is 0 Å². The minimum absolute atomic E-state index is 0.000207. The van der Waals surface area contributed by atoms with Crippen molar-refractivity contribution in [3.05, 3.63) is 52.2 Å². The van der Waals surface area contributed by atoms with Gasteiger partial charge in [0.25, 0.3) is 5.56 Å². The first kappa shape index (κ1) is 26.4. The summed E-state index contributed by atoms with van der Waals surface area (Å²) >= 11 is 0. The summed E-state index contributed by atoms with van der Waals surface area (Å²) < 4.78 is 50.2. The number of hydrogen-bond acceptors (Lipinski definition) is 9. The van der Waals surface area contributed by atoms with E-state index < -0.39 is 35.1 Å². The van der Waals surface area contributed by atoms with Crippen molar-refractivity contribution in [1.82, 2.24) is 25.1 Å². The first-order valence-corrected chi connectivity index (χ1v) is 11.8. The summed E-state index contributed by atoms with van der Waals surface area (Å²) in [5, 5.41) is 7.81. The molecule has 14 heteroatoms. The van der Waals surface area contributed by atoms with Crippen LogP contribution in [0.25, 0.3) is 0 Å². The van der Waals surface area contributed by atoms with Gasteiger partial charge in [-0.15, -0.1) is 0 Å². The summed E-state index contributed by atoms with van der Waals surface area (Å²) in [5.74, 6) is 1.23. The molecule has 2 aromatic heterocycles. The van der Waals surface area contributed by atoms with Gasteiger partial charge in [0, 0.05) is 45.7 Å². The van der Waals surface area contributed by atoms with Crippen LogP contribution in [-0.2, 0) is 15.7 Å². The number of carbonyl (C=O) groups is 1. The first-order chi connectivity index (χ1) is 17.8. The summed E-state index contributed by atoms with van der Waals surface area (Å²) in [6, 6.07) is -0.733. The Morgan fingerprint density at radius 3 is 2.54 bits per heavy atom. The van der Waals surface area contributed by atoms with Crippen molar-refractivity contribution in [2.24, 2.45) is 0 Å². The van der Waals surface area contributed by atoms with Crippen molar-refractivity contribution in [1.29, 1.82) is 0 Å². The zero-order valence-electron chi connectivity index (χ0n) is 20.2. The molecule has 1 aliphatic heterocycles. The minimum atomic E-state index is -4.87. The molecule has 0 spiro atoms. The van der Waals surface area contributed by atoms with Crippen LogP contribution in [0.5, 0.6) is 0 Å². The molecule has 0 aromatic carbocycles. The van der Waals surface area contributed by atoms with Crippen LogP contribution in [-0.4, -0.2) is 83.7 Å². The fourth-order valence-electron chi connectivity index (χ4n) is 3.96. The number of alkyl halides is 3. The molecule has 3 heterocycles. The van der Waals surface area contributed by atoms with Crippen molar-refractivity contribution in [2.45, 2.75) is 31.0 Å². The molecule has 1 atom stereocenters. The lowest BCUT2D eigenvalue weighted by molar-refractivity contribution is -0.138. The van der Waals surface area contributed by atoms with E-state index in [1.807, 2.05) is 17.3 Å². The van der Waals surface area contributed by atoms with E-state index in [2.05, 4.69) is 20.4 Å². The van der Waals surface area contributed by atoms with E-state index in [1.54, 1.807) is 10.00 Å². The smallest absolute Gasteiger partial charge is 0.423 e. The second-order valence-corrected chi connectivity index (χ2v) is 8.76. The van der Waals surface area contributed by atoms with E-state index in [-0.39, 0.29) is 13.2 Å². The van der Waals surface area contributed by atoms with E-state index in [0.29, 0.717) is 38.0 Å². The number of carbonyl (C=O) groups excluding carboxylic acids is 1. The predicted molar refractivity (Wildman–Crippen MR) is 127 cm³/mol. The van der Waals surface area contributed by atoms with Crippen molar-refractivity contribution < 1.29 is 27.4 Å². The Morgan fingerprint density at radius 2 is 1.92 bits per heavy atom. The van der Waals surface area contributed by atoms with Crippen LogP contribution in [0, 0.1) is 0 Å². The van der Waals surface area contributed by atoms with Crippen LogP contribution in [0.4, 0.5) is 29.6 Å². The number of H-pyrrole nitrogens is 1. The standard InChI is InChI=1S/C23H28F3N7O4/c1-36-14-17(30-18-13-29-31-20(34)19(18)23(24,25)26)3-2-10-37-22(35)33-8-6-32(7-9-33)21-27-11-16(12-28-21)15-4-5-15/h2-3,11-13,15,17H,4-10,14H2,1H3,(H2,30,31,34)/b3-2+/t17-/m1/s1. The fourth-order valence-corrected chi connectivity index (χ4v) is 3.96. The Labute approximate surface area is 210 Å². The molecule has 200 valence electrons. The summed E-state index contributed by atoms with van der Waals surface area (Å²) in [4.78, 5) is 36.6. The average molecular weight is 524 g/mol. The van der Waals surface area contributed by atoms with E-state index in [9.17, 15) is 22.8 Å². The predicted octanol–water partition coefficient (Wildman–Crippen LogP) is 2.40. The number of aromatic nitrogens is 4. The summed E-state index contributed by atoms with van der Waals surface area (Å²) in [6.45, 7) is 1.94. The van der Waals surface area contributed by atoms with Crippen LogP contribution in [0.3, 0.4) is 0 Å². The van der Waals surface area contributed by atoms with Crippen molar-refractivity contribution in [2.75, 3.05) is 56.7 Å². The Bertz CT molecular complexity index is 1140. The number of ether oxygens (including phenoxy) is 2. The molecule has 0 unspecified atom stereocenters. The number of nitrogens with one attached hydrogen (secondary N) is 2. The van der Waals surface area contributed by atoms with Gasteiger partial charge < -0.3 is 24.6 Å². The molecule has 2 aliphatic rings. The molecular weight excluding hydrogens is 495 g/mol. The monoisotopic (exact) mass is 523 g/mol. The van der Waals surface area contributed by atoms with Crippen molar-refractivity contribution >= 4 is 17.7 Å². The van der Waals surface area contributed by atoms with Gasteiger partial charge in [-0.1, -0.05) is 6.08 Å². The maximum Gasteiger partial charge on any atom is 0.423 e. The summed E-state index contributed by atoms with van der Waals surface area (Å²) in [6.07, 6.45) is 4.62. The van der Waals surface area contributed by atoms with E-state index in [0.717, 1.165) is 11.8 Å². The molecule has 4 rings (SSSR count). The molecule has 11 nitrogen and oxygen atoms in total. The molecule has 0 radical (unpaired) electrons. The Kier molecular flexibility index (Phi) is 8.26. The van der Waals surface area contributed by atoms with Crippen LogP contribution < -0.4 is 15.8 Å². The SMILES string of the molecule is COC[C@@H](/C=C/COC(=O)N1CCN(c2ncc(C3CC3)cn2)CC1)Nc1cn[nH]c(=O)c1C(F)(F)F. The lowest BCUT2D eigenvalue weighted by atomic mass is 10.2. The Balaban J connectivity index is 1.25. The van der Waals surface area contributed by atoms with Gasteiger partial charge >= 0.3 is 12.3 Å². The highest BCUT2D eigenvalue weighted by atomic mass is 19.4. The van der Waals surface area contributed by atoms with Gasteiger partial charge in [-0.25, -0.2) is 19.9 Å². The van der Waals surface area contributed by atoms with Gasteiger partial charge in [0.1, 0.15) is 12.2 Å². The molecule has 2 fully saturated rings. The normalized spacial score (nSPS) is 17.2. The summed E-state index contributed by atoms with van der Waals surface area (Å²) in [5.41, 5.74) is -2.05. The van der Waals surface area contributed by atoms with E-state index in [4.69, 9.17) is 9.47 Å². The highest BCUT2D eigenvalue weighted by Gasteiger charge is 2.37. The number of amides is 1. The first-order valence-electron chi connectivity index (χ1n) is 11.8. The molecule has 1 amide bonds. The van der Waals surface area contributed by atoms with Crippen LogP contribution in [0.15, 0.2) is 35.5 Å². The van der Waals surface area contributed by atoms with Gasteiger partial charge in [-0.2, -0.15) is 18.3 Å². The third-order valence-electron chi connectivity index (χ3n) is 6.03. The number of nitrogens with zero attached hydrogens (tertiary/aromatic N) is 5. The third-order valence-corrected chi connectivity index (χ3v) is 6.03. The van der Waals surface area contributed by atoms with E-state index in [1.165, 1.54) is 32.1 Å². The van der Waals surface area contributed by atoms with Crippen LogP contribution in [0.2, 0.25) is 0 Å². The lowest BCUT2D eigenvalue weighted by Gasteiger charge is -2.34. The number of rotatable bonds is 9. The summed E-state index contributed by atoms with van der Waals surface area (Å²) in [7, 11) is 1.38. The minimum Gasteiger partial charge on any atom is -0.445 e. The molecule has 0 bridgehead atoms. The van der Waals surface area contributed by atoms with Gasteiger partial charge in [-0.05, 0) is 30.4 Å². The van der Waals surface area contributed by atoms with Crippen LogP contribution in [0.1, 0.15) is 29.9 Å². The van der Waals surface area contributed by atoms with Gasteiger partial charge in [-0.3, -0.25) is 4.79 Å². The highest BCUT2D eigenvalue weighted by Crippen LogP contribution is 2.39. The molecule has 2 N–H and O–H groups in total. The second kappa shape index (κ2) is 11.6. The average Bonchev–Trinajstić information content (AvgIpc) is 3.72. The number of piperazine rings is 1. The number of aromatic amines is 1. The maximum atomic E-state index is 13.3. The largest absolute Gasteiger partial charge is 0.445 e. The molecule has 1 aliphatic carbocycles. The number of hydrogen-bond donors (Lipinski definition) is 2. The second-order valence-electron chi connectivity index (χ2n) is 8.76. The molecule has 37 heavy (non-hydrogen) atoms. The van der Waals surface area contributed by atoms with Gasteiger partial charge in [0.15, 0.2) is 0 Å². The Hall–Kier alpha value is -3.68. The zero-order chi connectivity index (χ0) is 26.4. The van der Waals surface area contributed by atoms with Crippen molar-refractivity contribution in [3.63, 3.8) is 0 Å². The van der Waals surface area contributed by atoms with Crippen molar-refractivity contribution in [3.8, 4) is 0 Å². The number of halogens is 3. The maximum absolute atomic E-state index is 13.3. The molecule has 1 saturated heterocycles. The zero-order valence-corrected chi connectivity index (χ0v) is 20.2. The molecule has 1 saturated carbocycles. The fraction of sp³-hybridized carbons (Fsp3) is 0.522. The number of anilines is 2. The number of methoxy groups -OCH3 is 1. The lowest BCUT2D eigenvalue weighted by Crippen LogP contribution is -2.49. The molecule has 2 aromatic rings. The van der Waals surface area contributed by atoms with Gasteiger partial charge in [0.2, 0.25) is 5.95 Å².